The summed E-state index contributed by atoms with van der Waals surface area (Å²) >= 11 is 0. The summed E-state index contributed by atoms with van der Waals surface area (Å²) in [6.07, 6.45) is 0.471. The highest BCUT2D eigenvalue weighted by atomic mass is 19.1. The van der Waals surface area contributed by atoms with Crippen molar-refractivity contribution < 1.29 is 13.5 Å². The predicted octanol–water partition coefficient (Wildman–Crippen LogP) is 3.63. The molecule has 0 unspecified atom stereocenters. The fraction of sp³-hybridized carbons (Fsp3) is 0.167. The summed E-state index contributed by atoms with van der Waals surface area (Å²) in [5, 5.41) is 3.14. The van der Waals surface area contributed by atoms with Crippen LogP contribution >= 0.6 is 0 Å². The molecule has 2 aromatic carbocycles. The van der Waals surface area contributed by atoms with Crippen LogP contribution in [0.25, 0.3) is 11.1 Å². The molecule has 0 saturated carbocycles. The highest BCUT2D eigenvalue weighted by Crippen LogP contribution is 2.24. The van der Waals surface area contributed by atoms with Crippen LogP contribution in [-0.4, -0.2) is 18.1 Å². The van der Waals surface area contributed by atoms with Crippen LogP contribution in [0, 0.1) is 0 Å². The summed E-state index contributed by atoms with van der Waals surface area (Å²) in [6, 6.07) is 15.7. The number of rotatable bonds is 7. The number of nitrogens with one attached hydrogen (secondary N) is 1. The maximum absolute atomic E-state index is 12.5. The number of halogens is 1. The largest absolute Gasteiger partial charge is 0.489 e. The molecule has 24 heavy (non-hydrogen) atoms. The van der Waals surface area contributed by atoms with E-state index in [9.17, 15) is 4.39 Å². The lowest BCUT2D eigenvalue weighted by molar-refractivity contribution is 0.347. The number of anilines is 1. The molecule has 3 rings (SSSR count). The van der Waals surface area contributed by atoms with Crippen molar-refractivity contribution in [3.8, 4) is 5.75 Å². The van der Waals surface area contributed by atoms with Crippen molar-refractivity contribution >= 4 is 17.1 Å². The highest BCUT2D eigenvalue weighted by molar-refractivity contribution is 5.76. The molecule has 0 aliphatic rings. The SMILES string of the molecule is NC/C(=C\F)COc1ccc2nc(NCc3ccccc3)oc2c1. The second-order valence-electron chi connectivity index (χ2n) is 5.25. The summed E-state index contributed by atoms with van der Waals surface area (Å²) in [5.74, 6) is 0.570. The summed E-state index contributed by atoms with van der Waals surface area (Å²) in [7, 11) is 0. The maximum Gasteiger partial charge on any atom is 0.295 e. The van der Waals surface area contributed by atoms with Gasteiger partial charge in [0.05, 0.1) is 6.33 Å². The molecule has 0 aliphatic heterocycles. The van der Waals surface area contributed by atoms with E-state index in [4.69, 9.17) is 14.9 Å². The van der Waals surface area contributed by atoms with E-state index in [1.165, 1.54) is 0 Å². The molecule has 0 radical (unpaired) electrons. The number of oxazole rings is 1. The number of nitrogens with zero attached hydrogens (tertiary/aromatic N) is 1. The van der Waals surface area contributed by atoms with Crippen molar-refractivity contribution in [2.24, 2.45) is 5.73 Å². The van der Waals surface area contributed by atoms with E-state index in [1.807, 2.05) is 30.3 Å². The van der Waals surface area contributed by atoms with E-state index < -0.39 is 0 Å². The van der Waals surface area contributed by atoms with Crippen LogP contribution in [-0.2, 0) is 6.54 Å². The van der Waals surface area contributed by atoms with Gasteiger partial charge in [0.2, 0.25) is 0 Å². The zero-order valence-corrected chi connectivity index (χ0v) is 13.0. The van der Waals surface area contributed by atoms with Crippen LogP contribution in [0.5, 0.6) is 5.75 Å². The normalized spacial score (nSPS) is 11.7. The quantitative estimate of drug-likeness (QED) is 0.693. The van der Waals surface area contributed by atoms with Crippen LogP contribution in [0.4, 0.5) is 10.4 Å². The third-order valence-electron chi connectivity index (χ3n) is 3.49. The lowest BCUT2D eigenvalue weighted by Gasteiger charge is -2.06. The molecule has 5 nitrogen and oxygen atoms in total. The third kappa shape index (κ3) is 3.91. The topological polar surface area (TPSA) is 73.3 Å². The summed E-state index contributed by atoms with van der Waals surface area (Å²) in [4.78, 5) is 4.37. The molecule has 124 valence electrons. The number of fused-ring (bicyclic) bond motifs is 1. The molecule has 0 aliphatic carbocycles. The number of hydrogen-bond donors (Lipinski definition) is 2. The number of benzene rings is 2. The molecule has 0 saturated heterocycles. The number of ether oxygens (including phenoxy) is 1. The zero-order chi connectivity index (χ0) is 16.8. The van der Waals surface area contributed by atoms with Crippen LogP contribution in [0.2, 0.25) is 0 Å². The average molecular weight is 327 g/mol. The molecule has 6 heteroatoms. The standard InChI is InChI=1S/C18H18FN3O2/c19-9-14(10-20)12-23-15-6-7-16-17(8-15)24-18(22-16)21-11-13-4-2-1-3-5-13/h1-9H,10-12,20H2,(H,21,22)/b14-9+. The number of nitrogens with two attached hydrogens (primary N) is 1. The van der Waals surface area contributed by atoms with Crippen molar-refractivity contribution in [1.29, 1.82) is 0 Å². The Labute approximate surface area is 138 Å². The van der Waals surface area contributed by atoms with Gasteiger partial charge < -0.3 is 20.2 Å². The van der Waals surface area contributed by atoms with Gasteiger partial charge in [0, 0.05) is 24.7 Å². The smallest absolute Gasteiger partial charge is 0.295 e. The first-order chi connectivity index (χ1) is 11.8. The summed E-state index contributed by atoms with van der Waals surface area (Å²) in [5.41, 5.74) is 8.24. The van der Waals surface area contributed by atoms with Gasteiger partial charge in [0.25, 0.3) is 6.01 Å². The Morgan fingerprint density at radius 3 is 2.83 bits per heavy atom. The molecule has 0 fully saturated rings. The van der Waals surface area contributed by atoms with E-state index in [0.29, 0.717) is 35.8 Å². The average Bonchev–Trinajstić information content (AvgIpc) is 3.04. The molecule has 0 atom stereocenters. The molecule has 1 heterocycles. The lowest BCUT2D eigenvalue weighted by Crippen LogP contribution is -2.10. The van der Waals surface area contributed by atoms with Crippen molar-refractivity contribution in [1.82, 2.24) is 4.98 Å². The van der Waals surface area contributed by atoms with Crippen LogP contribution in [0.15, 0.2) is 64.9 Å². The van der Waals surface area contributed by atoms with Gasteiger partial charge in [-0.2, -0.15) is 4.98 Å². The minimum Gasteiger partial charge on any atom is -0.489 e. The van der Waals surface area contributed by atoms with E-state index >= 15 is 0 Å². The van der Waals surface area contributed by atoms with Gasteiger partial charge in [-0.3, -0.25) is 0 Å². The Kier molecular flexibility index (Phi) is 5.08. The van der Waals surface area contributed by atoms with Gasteiger partial charge in [-0.15, -0.1) is 0 Å². The van der Waals surface area contributed by atoms with Gasteiger partial charge in [0.1, 0.15) is 17.9 Å². The van der Waals surface area contributed by atoms with Crippen molar-refractivity contribution in [3.05, 3.63) is 66.0 Å². The number of aromatic nitrogens is 1. The van der Waals surface area contributed by atoms with Crippen LogP contribution in [0.1, 0.15) is 5.56 Å². The first-order valence-electron chi connectivity index (χ1n) is 7.58. The minimum absolute atomic E-state index is 0.103. The second-order valence-corrected chi connectivity index (χ2v) is 5.25. The molecule has 0 spiro atoms. The maximum atomic E-state index is 12.5. The molecule has 1 aromatic heterocycles. The Balaban J connectivity index is 1.67. The first-order valence-corrected chi connectivity index (χ1v) is 7.58. The molecule has 0 amide bonds. The van der Waals surface area contributed by atoms with Gasteiger partial charge in [0.15, 0.2) is 5.58 Å². The van der Waals surface area contributed by atoms with E-state index in [1.54, 1.807) is 18.2 Å². The Hall–Kier alpha value is -2.86. The van der Waals surface area contributed by atoms with Crippen molar-refractivity contribution in [2.45, 2.75) is 6.54 Å². The molecule has 3 aromatic rings. The zero-order valence-electron chi connectivity index (χ0n) is 13.0. The van der Waals surface area contributed by atoms with Crippen molar-refractivity contribution in [2.75, 3.05) is 18.5 Å². The Morgan fingerprint density at radius 1 is 1.25 bits per heavy atom. The van der Waals surface area contributed by atoms with Gasteiger partial charge in [-0.25, -0.2) is 4.39 Å². The van der Waals surface area contributed by atoms with Crippen molar-refractivity contribution in [3.63, 3.8) is 0 Å². The third-order valence-corrected chi connectivity index (χ3v) is 3.49. The lowest BCUT2D eigenvalue weighted by atomic mass is 10.2. The summed E-state index contributed by atoms with van der Waals surface area (Å²) < 4.78 is 23.7. The molecule has 0 bridgehead atoms. The predicted molar refractivity (Wildman–Crippen MR) is 91.5 cm³/mol. The van der Waals surface area contributed by atoms with Crippen LogP contribution in [0.3, 0.4) is 0 Å². The van der Waals surface area contributed by atoms with Gasteiger partial charge >= 0.3 is 0 Å². The molecular formula is C18H18FN3O2. The fourth-order valence-corrected chi connectivity index (χ4v) is 2.15. The minimum atomic E-state index is 0.103. The summed E-state index contributed by atoms with van der Waals surface area (Å²) in [6.45, 7) is 0.846. The Morgan fingerprint density at radius 2 is 2.08 bits per heavy atom. The van der Waals surface area contributed by atoms with Gasteiger partial charge in [-0.1, -0.05) is 30.3 Å². The monoisotopic (exact) mass is 327 g/mol. The Bertz CT molecular complexity index is 831. The van der Waals surface area contributed by atoms with Crippen LogP contribution < -0.4 is 15.8 Å². The van der Waals surface area contributed by atoms with E-state index in [0.717, 1.165) is 11.1 Å². The fourth-order valence-electron chi connectivity index (χ4n) is 2.15. The van der Waals surface area contributed by atoms with E-state index in [2.05, 4.69) is 10.3 Å². The van der Waals surface area contributed by atoms with Gasteiger partial charge in [-0.05, 0) is 17.7 Å². The highest BCUT2D eigenvalue weighted by Gasteiger charge is 2.07. The molecule has 3 N–H and O–H groups in total. The number of hydrogen-bond acceptors (Lipinski definition) is 5. The molecular weight excluding hydrogens is 309 g/mol. The second kappa shape index (κ2) is 7.61. The first kappa shape index (κ1) is 16.0. The van der Waals surface area contributed by atoms with E-state index in [-0.39, 0.29) is 13.2 Å².